The Morgan fingerprint density at radius 2 is 1.40 bits per heavy atom. The Bertz CT molecular complexity index is 1090. The monoisotopic (exact) mass is 471 g/mol. The topological polar surface area (TPSA) is 60.8 Å². The number of likely N-dealkylation sites (tertiary alicyclic amines) is 1. The van der Waals surface area contributed by atoms with Gasteiger partial charge in [-0.15, -0.1) is 0 Å². The van der Waals surface area contributed by atoms with Crippen LogP contribution in [0.3, 0.4) is 0 Å². The van der Waals surface area contributed by atoms with Gasteiger partial charge in [-0.2, -0.15) is 0 Å². The maximum Gasteiger partial charge on any atom is 0.167 e. The van der Waals surface area contributed by atoms with Gasteiger partial charge in [-0.3, -0.25) is 4.79 Å². The zero-order valence-electron chi connectivity index (χ0n) is 21.1. The molecular weight excluding hydrogens is 434 g/mol. The second kappa shape index (κ2) is 10.3. The molecule has 184 valence electrons. The summed E-state index contributed by atoms with van der Waals surface area (Å²) in [4.78, 5) is 15.1. The van der Waals surface area contributed by atoms with Crippen molar-refractivity contribution in [2.45, 2.75) is 51.0 Å². The average Bonchev–Trinajstić information content (AvgIpc) is 2.87. The minimum Gasteiger partial charge on any atom is -0.507 e. The summed E-state index contributed by atoms with van der Waals surface area (Å²) < 4.78 is 0. The zero-order valence-corrected chi connectivity index (χ0v) is 21.1. The molecule has 3 aromatic carbocycles. The second-order valence-electron chi connectivity index (χ2n) is 10.8. The van der Waals surface area contributed by atoms with Crippen LogP contribution in [0, 0.1) is 5.92 Å². The summed E-state index contributed by atoms with van der Waals surface area (Å²) >= 11 is 0. The molecule has 0 bridgehead atoms. The number of ketones is 1. The van der Waals surface area contributed by atoms with Crippen molar-refractivity contribution in [2.75, 3.05) is 19.6 Å². The molecule has 0 atom stereocenters. The van der Waals surface area contributed by atoms with E-state index in [2.05, 4.69) is 25.7 Å². The fourth-order valence-electron chi connectivity index (χ4n) is 5.23. The second-order valence-corrected chi connectivity index (χ2v) is 10.8. The number of benzene rings is 3. The molecule has 1 saturated heterocycles. The van der Waals surface area contributed by atoms with E-state index in [4.69, 9.17) is 0 Å². The molecule has 0 unspecified atom stereocenters. The van der Waals surface area contributed by atoms with Gasteiger partial charge in [-0.05, 0) is 66.1 Å². The van der Waals surface area contributed by atoms with E-state index in [-0.39, 0.29) is 22.9 Å². The molecule has 0 aromatic heterocycles. The normalized spacial score (nSPS) is 15.8. The van der Waals surface area contributed by atoms with E-state index in [9.17, 15) is 15.0 Å². The van der Waals surface area contributed by atoms with Crippen molar-refractivity contribution in [1.82, 2.24) is 4.90 Å². The molecule has 1 aliphatic heterocycles. The van der Waals surface area contributed by atoms with Crippen molar-refractivity contribution in [2.24, 2.45) is 5.92 Å². The molecule has 35 heavy (non-hydrogen) atoms. The average molecular weight is 472 g/mol. The number of aromatic hydroxyl groups is 1. The Balaban J connectivity index is 1.40. The van der Waals surface area contributed by atoms with Crippen LogP contribution in [0.25, 0.3) is 0 Å². The minimum atomic E-state index is -1.04. The predicted molar refractivity (Wildman–Crippen MR) is 141 cm³/mol. The number of hydrogen-bond donors (Lipinski definition) is 2. The lowest BCUT2D eigenvalue weighted by atomic mass is 9.72. The summed E-state index contributed by atoms with van der Waals surface area (Å²) in [5, 5.41) is 22.5. The lowest BCUT2D eigenvalue weighted by molar-refractivity contribution is -0.0141. The number of piperidine rings is 1. The highest BCUT2D eigenvalue weighted by Crippen LogP contribution is 2.42. The third kappa shape index (κ3) is 5.50. The Morgan fingerprint density at radius 3 is 1.89 bits per heavy atom. The van der Waals surface area contributed by atoms with E-state index in [1.165, 1.54) is 0 Å². The summed E-state index contributed by atoms with van der Waals surface area (Å²) in [5.74, 6) is 0.125. The van der Waals surface area contributed by atoms with Gasteiger partial charge in [0.15, 0.2) is 5.78 Å². The van der Waals surface area contributed by atoms with Gasteiger partial charge in [0.1, 0.15) is 11.4 Å². The summed E-state index contributed by atoms with van der Waals surface area (Å²) in [6, 6.07) is 25.3. The lowest BCUT2D eigenvalue weighted by Crippen LogP contribution is -2.44. The van der Waals surface area contributed by atoms with Gasteiger partial charge < -0.3 is 15.1 Å². The number of phenols is 1. The van der Waals surface area contributed by atoms with Crippen LogP contribution in [0.5, 0.6) is 5.75 Å². The molecule has 4 nitrogen and oxygen atoms in total. The molecule has 0 saturated carbocycles. The SMILES string of the molecule is CC(C)(C)c1ccc(C(=O)CCN2CCC(C(O)(c3ccccc3)c3ccccc3)CC2)c(O)c1. The van der Waals surface area contributed by atoms with Crippen LogP contribution >= 0.6 is 0 Å². The first-order valence-corrected chi connectivity index (χ1v) is 12.6. The van der Waals surface area contributed by atoms with Crippen LogP contribution in [-0.2, 0) is 11.0 Å². The molecule has 1 aliphatic rings. The van der Waals surface area contributed by atoms with Crippen molar-refractivity contribution in [3.8, 4) is 5.75 Å². The highest BCUT2D eigenvalue weighted by molar-refractivity contribution is 5.98. The Kier molecular flexibility index (Phi) is 7.44. The first kappa shape index (κ1) is 25.2. The van der Waals surface area contributed by atoms with Gasteiger partial charge in [0.25, 0.3) is 0 Å². The van der Waals surface area contributed by atoms with Crippen molar-refractivity contribution in [1.29, 1.82) is 0 Å². The summed E-state index contributed by atoms with van der Waals surface area (Å²) in [7, 11) is 0. The Hall–Kier alpha value is -2.95. The minimum absolute atomic E-state index is 0.0323. The molecule has 0 amide bonds. The van der Waals surface area contributed by atoms with Crippen LogP contribution < -0.4 is 0 Å². The van der Waals surface area contributed by atoms with Crippen LogP contribution in [0.1, 0.15) is 67.1 Å². The maximum atomic E-state index is 12.8. The van der Waals surface area contributed by atoms with E-state index in [1.54, 1.807) is 12.1 Å². The standard InChI is InChI=1S/C31H37NO3/c1-30(2,3)26-14-15-27(29(34)22-26)28(33)18-21-32-19-16-25(17-20-32)31(35,23-10-6-4-7-11-23)24-12-8-5-9-13-24/h4-15,22,25,34-35H,16-21H2,1-3H3. The predicted octanol–water partition coefficient (Wildman–Crippen LogP) is 5.91. The molecular formula is C31H37NO3. The van der Waals surface area contributed by atoms with Gasteiger partial charge in [0.05, 0.1) is 5.56 Å². The smallest absolute Gasteiger partial charge is 0.167 e. The van der Waals surface area contributed by atoms with Crippen molar-refractivity contribution < 1.29 is 15.0 Å². The number of carbonyl (C=O) groups is 1. The number of hydrogen-bond acceptors (Lipinski definition) is 4. The highest BCUT2D eigenvalue weighted by atomic mass is 16.3. The maximum absolute atomic E-state index is 12.8. The third-order valence-electron chi connectivity index (χ3n) is 7.43. The fraction of sp³-hybridized carbons (Fsp3) is 0.387. The lowest BCUT2D eigenvalue weighted by Gasteiger charge is -2.42. The van der Waals surface area contributed by atoms with Gasteiger partial charge >= 0.3 is 0 Å². The fourth-order valence-corrected chi connectivity index (χ4v) is 5.23. The molecule has 4 heteroatoms. The number of carbonyl (C=O) groups excluding carboxylic acids is 1. The van der Waals surface area contributed by atoms with E-state index in [1.807, 2.05) is 66.7 Å². The first-order chi connectivity index (χ1) is 16.7. The van der Waals surface area contributed by atoms with Gasteiger partial charge in [0.2, 0.25) is 0 Å². The molecule has 1 fully saturated rings. The quantitative estimate of drug-likeness (QED) is 0.421. The molecule has 4 rings (SSSR count). The van der Waals surface area contributed by atoms with E-state index < -0.39 is 5.60 Å². The molecule has 3 aromatic rings. The molecule has 1 heterocycles. The van der Waals surface area contributed by atoms with Crippen molar-refractivity contribution in [3.63, 3.8) is 0 Å². The number of rotatable bonds is 7. The molecule has 0 spiro atoms. The van der Waals surface area contributed by atoms with Gasteiger partial charge in [-0.25, -0.2) is 0 Å². The van der Waals surface area contributed by atoms with Crippen LogP contribution in [0.15, 0.2) is 78.9 Å². The molecule has 0 radical (unpaired) electrons. The van der Waals surface area contributed by atoms with Crippen LogP contribution in [-0.4, -0.2) is 40.5 Å². The third-order valence-corrected chi connectivity index (χ3v) is 7.43. The van der Waals surface area contributed by atoms with E-state index >= 15 is 0 Å². The van der Waals surface area contributed by atoms with Crippen LogP contribution in [0.4, 0.5) is 0 Å². The Labute approximate surface area is 209 Å². The van der Waals surface area contributed by atoms with Gasteiger partial charge in [0, 0.05) is 13.0 Å². The van der Waals surface area contributed by atoms with Crippen molar-refractivity contribution in [3.05, 3.63) is 101 Å². The Morgan fingerprint density at radius 1 is 0.857 bits per heavy atom. The number of nitrogens with zero attached hydrogens (tertiary/aromatic N) is 1. The van der Waals surface area contributed by atoms with E-state index in [0.717, 1.165) is 42.6 Å². The van der Waals surface area contributed by atoms with Crippen molar-refractivity contribution >= 4 is 5.78 Å². The van der Waals surface area contributed by atoms with E-state index in [0.29, 0.717) is 18.5 Å². The number of phenolic OH excluding ortho intramolecular Hbond substituents is 1. The summed E-state index contributed by atoms with van der Waals surface area (Å²) in [6.45, 7) is 8.57. The molecule has 2 N–H and O–H groups in total. The molecule has 0 aliphatic carbocycles. The van der Waals surface area contributed by atoms with Crippen LogP contribution in [0.2, 0.25) is 0 Å². The number of Topliss-reactive ketones (excluding diaryl/α,β-unsaturated/α-hetero) is 1. The first-order valence-electron chi connectivity index (χ1n) is 12.6. The summed E-state index contributed by atoms with van der Waals surface area (Å²) in [5.41, 5.74) is 2.15. The largest absolute Gasteiger partial charge is 0.507 e. The zero-order chi connectivity index (χ0) is 25.1. The number of aliphatic hydroxyl groups is 1. The highest BCUT2D eigenvalue weighted by Gasteiger charge is 2.41. The summed E-state index contributed by atoms with van der Waals surface area (Å²) in [6.07, 6.45) is 2.06. The van der Waals surface area contributed by atoms with Gasteiger partial charge in [-0.1, -0.05) is 87.5 Å².